The lowest BCUT2D eigenvalue weighted by molar-refractivity contribution is -0.143. The molecule has 1 amide bonds. The Morgan fingerprint density at radius 3 is 2.72 bits per heavy atom. The first kappa shape index (κ1) is 18.0. The standard InChI is InChI=1S/C12H24N2O2S.ClH/c1-9(6-7-17-3)14(2)12(15)11-5-4-10(8-13)16-11;/h9-11H,4-8,13H2,1-3H3;1H/t9?,10-,11+;/m1./s1. The van der Waals surface area contributed by atoms with Gasteiger partial charge in [0.2, 0.25) is 0 Å². The number of carbonyl (C=O) groups is 1. The van der Waals surface area contributed by atoms with Crippen molar-refractivity contribution in [3.05, 3.63) is 0 Å². The number of carbonyl (C=O) groups excluding carboxylic acids is 1. The van der Waals surface area contributed by atoms with E-state index in [-0.39, 0.29) is 36.6 Å². The highest BCUT2D eigenvalue weighted by Gasteiger charge is 2.32. The number of ether oxygens (including phenoxy) is 1. The van der Waals surface area contributed by atoms with Crippen LogP contribution in [0.3, 0.4) is 0 Å². The molecule has 1 heterocycles. The molecule has 1 fully saturated rings. The van der Waals surface area contributed by atoms with E-state index >= 15 is 0 Å². The fraction of sp³-hybridized carbons (Fsp3) is 0.917. The van der Waals surface area contributed by atoms with E-state index in [0.29, 0.717) is 6.54 Å². The number of rotatable bonds is 6. The van der Waals surface area contributed by atoms with E-state index in [0.717, 1.165) is 25.0 Å². The van der Waals surface area contributed by atoms with Gasteiger partial charge in [-0.15, -0.1) is 12.4 Å². The third-order valence-corrected chi connectivity index (χ3v) is 4.04. The molecule has 108 valence electrons. The summed E-state index contributed by atoms with van der Waals surface area (Å²) in [7, 11) is 1.87. The normalized spacial score (nSPS) is 24.4. The van der Waals surface area contributed by atoms with Gasteiger partial charge in [0.15, 0.2) is 0 Å². The summed E-state index contributed by atoms with van der Waals surface area (Å²) in [6.45, 7) is 2.60. The largest absolute Gasteiger partial charge is 0.364 e. The van der Waals surface area contributed by atoms with Gasteiger partial charge >= 0.3 is 0 Å². The average molecular weight is 297 g/mol. The average Bonchev–Trinajstić information content (AvgIpc) is 2.82. The molecule has 3 atom stereocenters. The van der Waals surface area contributed by atoms with Crippen LogP contribution >= 0.6 is 24.2 Å². The fourth-order valence-electron chi connectivity index (χ4n) is 1.99. The summed E-state index contributed by atoms with van der Waals surface area (Å²) in [6.07, 6.45) is 4.61. The zero-order valence-corrected chi connectivity index (χ0v) is 13.1. The molecule has 0 aliphatic carbocycles. The SMILES string of the molecule is CSCCC(C)N(C)C(=O)[C@@H]1CC[C@H](CN)O1.Cl. The highest BCUT2D eigenvalue weighted by molar-refractivity contribution is 7.98. The second kappa shape index (κ2) is 9.02. The Bertz CT molecular complexity index is 256. The lowest BCUT2D eigenvalue weighted by atomic mass is 10.1. The van der Waals surface area contributed by atoms with Crippen molar-refractivity contribution in [1.29, 1.82) is 0 Å². The number of hydrogen-bond acceptors (Lipinski definition) is 4. The highest BCUT2D eigenvalue weighted by Crippen LogP contribution is 2.21. The molecular formula is C12H25ClN2O2S. The van der Waals surface area contributed by atoms with E-state index in [2.05, 4.69) is 13.2 Å². The first-order chi connectivity index (χ1) is 8.10. The van der Waals surface area contributed by atoms with Crippen LogP contribution in [-0.4, -0.2) is 54.7 Å². The van der Waals surface area contributed by atoms with Gasteiger partial charge in [-0.05, 0) is 38.2 Å². The van der Waals surface area contributed by atoms with Crippen molar-refractivity contribution >= 4 is 30.1 Å². The van der Waals surface area contributed by atoms with Crippen LogP contribution in [0.15, 0.2) is 0 Å². The van der Waals surface area contributed by atoms with Crippen molar-refractivity contribution in [3.8, 4) is 0 Å². The van der Waals surface area contributed by atoms with Gasteiger partial charge in [-0.1, -0.05) is 0 Å². The van der Waals surface area contributed by atoms with Crippen LogP contribution < -0.4 is 5.73 Å². The molecule has 0 radical (unpaired) electrons. The maximum atomic E-state index is 12.2. The summed E-state index contributed by atoms with van der Waals surface area (Å²) < 4.78 is 5.63. The minimum absolute atomic E-state index is 0. The number of thioether (sulfide) groups is 1. The van der Waals surface area contributed by atoms with Crippen LogP contribution in [0.4, 0.5) is 0 Å². The predicted octanol–water partition coefficient (Wildman–Crippen LogP) is 1.51. The molecule has 1 aliphatic heterocycles. The van der Waals surface area contributed by atoms with Crippen LogP contribution in [0.2, 0.25) is 0 Å². The van der Waals surface area contributed by atoms with E-state index in [1.54, 1.807) is 0 Å². The van der Waals surface area contributed by atoms with E-state index in [1.165, 1.54) is 0 Å². The Balaban J connectivity index is 0.00000289. The summed E-state index contributed by atoms with van der Waals surface area (Å²) in [5, 5.41) is 0. The van der Waals surface area contributed by atoms with Crippen molar-refractivity contribution in [2.24, 2.45) is 5.73 Å². The van der Waals surface area contributed by atoms with E-state index in [4.69, 9.17) is 10.5 Å². The van der Waals surface area contributed by atoms with Gasteiger partial charge in [0.25, 0.3) is 5.91 Å². The maximum absolute atomic E-state index is 12.2. The Morgan fingerprint density at radius 1 is 1.56 bits per heavy atom. The van der Waals surface area contributed by atoms with Gasteiger partial charge in [0, 0.05) is 19.6 Å². The summed E-state index contributed by atoms with van der Waals surface area (Å²) in [5.74, 6) is 1.19. The number of nitrogens with zero attached hydrogens (tertiary/aromatic N) is 1. The quantitative estimate of drug-likeness (QED) is 0.807. The monoisotopic (exact) mass is 296 g/mol. The lowest BCUT2D eigenvalue weighted by Crippen LogP contribution is -2.42. The van der Waals surface area contributed by atoms with Crippen LogP contribution in [0, 0.1) is 0 Å². The molecule has 1 rings (SSSR count). The van der Waals surface area contributed by atoms with Crippen molar-refractivity contribution in [2.45, 2.75) is 44.4 Å². The second-order valence-electron chi connectivity index (χ2n) is 4.64. The minimum Gasteiger partial charge on any atom is -0.364 e. The zero-order valence-electron chi connectivity index (χ0n) is 11.4. The zero-order chi connectivity index (χ0) is 12.8. The third kappa shape index (κ3) is 4.96. The minimum atomic E-state index is -0.273. The van der Waals surface area contributed by atoms with Gasteiger partial charge < -0.3 is 15.4 Å². The molecule has 0 saturated carbocycles. The summed E-state index contributed by atoms with van der Waals surface area (Å²) in [6, 6.07) is 0.274. The van der Waals surface area contributed by atoms with Crippen LogP contribution in [0.5, 0.6) is 0 Å². The van der Waals surface area contributed by atoms with Gasteiger partial charge in [-0.3, -0.25) is 4.79 Å². The summed E-state index contributed by atoms with van der Waals surface area (Å²) >= 11 is 1.81. The molecule has 2 N–H and O–H groups in total. The first-order valence-corrected chi connectivity index (χ1v) is 7.60. The van der Waals surface area contributed by atoms with Gasteiger partial charge in [-0.25, -0.2) is 0 Å². The Labute approximate surface area is 120 Å². The van der Waals surface area contributed by atoms with Gasteiger partial charge in [0.05, 0.1) is 6.10 Å². The fourth-order valence-corrected chi connectivity index (χ4v) is 2.56. The van der Waals surface area contributed by atoms with Crippen LogP contribution in [0.1, 0.15) is 26.2 Å². The lowest BCUT2D eigenvalue weighted by Gasteiger charge is -2.27. The number of hydrogen-bond donors (Lipinski definition) is 1. The second-order valence-corrected chi connectivity index (χ2v) is 5.63. The van der Waals surface area contributed by atoms with E-state index in [1.807, 2.05) is 23.7 Å². The number of amides is 1. The Hall–Kier alpha value is 0.0300. The first-order valence-electron chi connectivity index (χ1n) is 6.21. The topological polar surface area (TPSA) is 55.6 Å². The number of nitrogens with two attached hydrogens (primary N) is 1. The smallest absolute Gasteiger partial charge is 0.251 e. The van der Waals surface area contributed by atoms with E-state index < -0.39 is 0 Å². The number of likely N-dealkylation sites (N-methyl/N-ethyl adjacent to an activating group) is 1. The van der Waals surface area contributed by atoms with Crippen molar-refractivity contribution in [3.63, 3.8) is 0 Å². The van der Waals surface area contributed by atoms with Gasteiger partial charge in [-0.2, -0.15) is 11.8 Å². The maximum Gasteiger partial charge on any atom is 0.251 e. The molecule has 1 saturated heterocycles. The van der Waals surface area contributed by atoms with Crippen molar-refractivity contribution < 1.29 is 9.53 Å². The predicted molar refractivity (Wildman–Crippen MR) is 79.4 cm³/mol. The summed E-state index contributed by atoms with van der Waals surface area (Å²) in [4.78, 5) is 14.0. The molecule has 1 unspecified atom stereocenters. The molecule has 0 spiro atoms. The summed E-state index contributed by atoms with van der Waals surface area (Å²) in [5.41, 5.74) is 5.55. The molecule has 0 bridgehead atoms. The molecule has 1 aliphatic rings. The van der Waals surface area contributed by atoms with Crippen molar-refractivity contribution in [1.82, 2.24) is 4.90 Å². The molecule has 0 aromatic heterocycles. The number of halogens is 1. The third-order valence-electron chi connectivity index (χ3n) is 3.39. The van der Waals surface area contributed by atoms with Gasteiger partial charge in [0.1, 0.15) is 6.10 Å². The van der Waals surface area contributed by atoms with Crippen molar-refractivity contribution in [2.75, 3.05) is 25.6 Å². The molecule has 0 aromatic rings. The molecule has 0 aromatic carbocycles. The van der Waals surface area contributed by atoms with Crippen LogP contribution in [0.25, 0.3) is 0 Å². The van der Waals surface area contributed by atoms with Crippen LogP contribution in [-0.2, 0) is 9.53 Å². The molecule has 4 nitrogen and oxygen atoms in total. The highest BCUT2D eigenvalue weighted by atomic mass is 35.5. The van der Waals surface area contributed by atoms with E-state index in [9.17, 15) is 4.79 Å². The molecular weight excluding hydrogens is 272 g/mol. The molecule has 6 heteroatoms. The molecule has 18 heavy (non-hydrogen) atoms. The Kier molecular flexibility index (Phi) is 9.03. The Morgan fingerprint density at radius 2 is 2.22 bits per heavy atom.